The number of hydrogen-bond acceptors (Lipinski definition) is 5. The third-order valence-corrected chi connectivity index (χ3v) is 8.07. The predicted molar refractivity (Wildman–Crippen MR) is 140 cm³/mol. The first-order valence-electron chi connectivity index (χ1n) is 13.9. The van der Waals surface area contributed by atoms with Crippen LogP contribution in [0.1, 0.15) is 83.1 Å². The van der Waals surface area contributed by atoms with E-state index in [1.54, 1.807) is 7.11 Å². The minimum Gasteiger partial charge on any atom is -0.493 e. The van der Waals surface area contributed by atoms with Crippen LogP contribution in [0.15, 0.2) is 24.3 Å². The van der Waals surface area contributed by atoms with Gasteiger partial charge in [-0.25, -0.2) is 0 Å². The molecule has 2 fully saturated rings. The van der Waals surface area contributed by atoms with Gasteiger partial charge in [0.05, 0.1) is 12.2 Å². The molecule has 0 aromatic heterocycles. The molecule has 1 amide bonds. The van der Waals surface area contributed by atoms with Gasteiger partial charge in [-0.15, -0.1) is 0 Å². The molecule has 6 nitrogen and oxygen atoms in total. The topological polar surface area (TPSA) is 79.8 Å². The molecule has 2 unspecified atom stereocenters. The first-order valence-corrected chi connectivity index (χ1v) is 13.9. The SMILES string of the molecule is CNC[C@H](C)NC(=O)C1CCCCC1[C@@](O)(CCCCOC)c1ccccc1OCC1CCCC1. The summed E-state index contributed by atoms with van der Waals surface area (Å²) in [6.07, 6.45) is 11.0. The lowest BCUT2D eigenvalue weighted by atomic mass is 9.65. The largest absolute Gasteiger partial charge is 0.493 e. The second kappa shape index (κ2) is 14.2. The number of amides is 1. The van der Waals surface area contributed by atoms with E-state index in [4.69, 9.17) is 9.47 Å². The van der Waals surface area contributed by atoms with E-state index in [1.165, 1.54) is 25.7 Å². The quantitative estimate of drug-likeness (QED) is 0.328. The van der Waals surface area contributed by atoms with Crippen LogP contribution in [0.3, 0.4) is 0 Å². The molecule has 198 valence electrons. The van der Waals surface area contributed by atoms with Crippen molar-refractivity contribution in [2.24, 2.45) is 17.8 Å². The van der Waals surface area contributed by atoms with Crippen LogP contribution in [-0.4, -0.2) is 51.0 Å². The van der Waals surface area contributed by atoms with Gasteiger partial charge in [-0.05, 0) is 70.9 Å². The Morgan fingerprint density at radius 2 is 1.83 bits per heavy atom. The smallest absolute Gasteiger partial charge is 0.223 e. The molecule has 0 aliphatic heterocycles. The molecule has 0 bridgehead atoms. The number of rotatable bonds is 14. The van der Waals surface area contributed by atoms with Crippen molar-refractivity contribution >= 4 is 5.91 Å². The zero-order chi connectivity index (χ0) is 25.1. The fraction of sp³-hybridized carbons (Fsp3) is 0.759. The van der Waals surface area contributed by atoms with Gasteiger partial charge in [0.25, 0.3) is 0 Å². The third-order valence-electron chi connectivity index (χ3n) is 8.07. The molecule has 0 spiro atoms. The van der Waals surface area contributed by atoms with Gasteiger partial charge < -0.3 is 25.2 Å². The summed E-state index contributed by atoms with van der Waals surface area (Å²) in [6, 6.07) is 8.05. The van der Waals surface area contributed by atoms with Crippen molar-refractivity contribution in [1.29, 1.82) is 0 Å². The fourth-order valence-electron chi connectivity index (χ4n) is 6.22. The summed E-state index contributed by atoms with van der Waals surface area (Å²) < 4.78 is 11.7. The number of para-hydroxylation sites is 1. The van der Waals surface area contributed by atoms with Crippen LogP contribution in [-0.2, 0) is 15.1 Å². The maximum Gasteiger partial charge on any atom is 0.223 e. The zero-order valence-corrected chi connectivity index (χ0v) is 22.2. The van der Waals surface area contributed by atoms with E-state index in [1.807, 2.05) is 38.2 Å². The molecule has 35 heavy (non-hydrogen) atoms. The lowest BCUT2D eigenvalue weighted by Crippen LogP contribution is -2.49. The van der Waals surface area contributed by atoms with Gasteiger partial charge in [0.15, 0.2) is 0 Å². The number of aliphatic hydroxyl groups is 1. The lowest BCUT2D eigenvalue weighted by molar-refractivity contribution is -0.137. The molecule has 3 N–H and O–H groups in total. The summed E-state index contributed by atoms with van der Waals surface area (Å²) in [7, 11) is 3.61. The molecule has 2 aliphatic rings. The minimum atomic E-state index is -1.12. The van der Waals surface area contributed by atoms with Crippen molar-refractivity contribution in [3.63, 3.8) is 0 Å². The Kier molecular flexibility index (Phi) is 11.3. The zero-order valence-electron chi connectivity index (χ0n) is 22.2. The predicted octanol–water partition coefficient (Wildman–Crippen LogP) is 4.79. The Bertz CT molecular complexity index is 767. The van der Waals surface area contributed by atoms with E-state index in [-0.39, 0.29) is 23.8 Å². The van der Waals surface area contributed by atoms with E-state index in [0.717, 1.165) is 56.4 Å². The van der Waals surface area contributed by atoms with Gasteiger partial charge in [0.2, 0.25) is 5.91 Å². The van der Waals surface area contributed by atoms with E-state index in [2.05, 4.69) is 10.6 Å². The molecular formula is C29H48N2O4. The van der Waals surface area contributed by atoms with E-state index in [9.17, 15) is 9.90 Å². The molecule has 6 heteroatoms. The van der Waals surface area contributed by atoms with Crippen LogP contribution in [0.4, 0.5) is 0 Å². The van der Waals surface area contributed by atoms with E-state index >= 15 is 0 Å². The monoisotopic (exact) mass is 488 g/mol. The summed E-state index contributed by atoms with van der Waals surface area (Å²) >= 11 is 0. The Balaban J connectivity index is 1.88. The van der Waals surface area contributed by atoms with Crippen LogP contribution < -0.4 is 15.4 Å². The minimum absolute atomic E-state index is 0.0481. The summed E-state index contributed by atoms with van der Waals surface area (Å²) in [6.45, 7) is 4.12. The number of unbranched alkanes of at least 4 members (excludes halogenated alkanes) is 1. The Hall–Kier alpha value is -1.63. The molecular weight excluding hydrogens is 440 g/mol. The second-order valence-electron chi connectivity index (χ2n) is 10.8. The van der Waals surface area contributed by atoms with Crippen molar-refractivity contribution in [3.05, 3.63) is 29.8 Å². The van der Waals surface area contributed by atoms with Gasteiger partial charge in [0.1, 0.15) is 5.75 Å². The summed E-state index contributed by atoms with van der Waals surface area (Å²) in [5, 5.41) is 18.9. The summed E-state index contributed by atoms with van der Waals surface area (Å²) in [5.74, 6) is 1.09. The molecule has 4 atom stereocenters. The number of carbonyl (C=O) groups excluding carboxylic acids is 1. The summed E-state index contributed by atoms with van der Waals surface area (Å²) in [4.78, 5) is 13.4. The Morgan fingerprint density at radius 3 is 2.57 bits per heavy atom. The number of likely N-dealkylation sites (N-methyl/N-ethyl adjacent to an activating group) is 1. The number of carbonyl (C=O) groups is 1. The molecule has 2 aliphatic carbocycles. The average molecular weight is 489 g/mol. The molecule has 1 aromatic carbocycles. The van der Waals surface area contributed by atoms with Gasteiger partial charge in [-0.2, -0.15) is 0 Å². The molecule has 0 heterocycles. The molecule has 0 radical (unpaired) electrons. The maximum absolute atomic E-state index is 13.4. The highest BCUT2D eigenvalue weighted by Crippen LogP contribution is 2.48. The third kappa shape index (κ3) is 7.68. The Labute approximate surface area is 212 Å². The first kappa shape index (κ1) is 27.9. The van der Waals surface area contributed by atoms with E-state index in [0.29, 0.717) is 25.6 Å². The highest BCUT2D eigenvalue weighted by Gasteiger charge is 2.47. The van der Waals surface area contributed by atoms with E-state index < -0.39 is 5.60 Å². The Morgan fingerprint density at radius 1 is 1.11 bits per heavy atom. The van der Waals surface area contributed by atoms with Gasteiger partial charge in [0, 0.05) is 43.7 Å². The number of nitrogens with one attached hydrogen (secondary N) is 2. The van der Waals surface area contributed by atoms with Crippen molar-refractivity contribution in [2.75, 3.05) is 33.9 Å². The summed E-state index contributed by atoms with van der Waals surface area (Å²) in [5.41, 5.74) is -0.266. The standard InChI is InChI=1S/C29H48N2O4/c1-22(20-30-2)31-28(32)24-14-6-7-15-25(24)29(33,18-10-11-19-34-3)26-16-8-9-17-27(26)35-21-23-12-4-5-13-23/h8-9,16-17,22-25,30,33H,4-7,10-15,18-21H2,1-3H3,(H,31,32)/t22-,24?,25?,29-/m0/s1. The van der Waals surface area contributed by atoms with Crippen LogP contribution in [0.5, 0.6) is 5.75 Å². The van der Waals surface area contributed by atoms with Gasteiger partial charge >= 0.3 is 0 Å². The molecule has 1 aromatic rings. The average Bonchev–Trinajstić information content (AvgIpc) is 3.39. The molecule has 3 rings (SSSR count). The van der Waals surface area contributed by atoms with Crippen LogP contribution in [0, 0.1) is 17.8 Å². The van der Waals surface area contributed by atoms with Crippen LogP contribution >= 0.6 is 0 Å². The first-order chi connectivity index (χ1) is 17.0. The maximum atomic E-state index is 13.4. The van der Waals surface area contributed by atoms with Crippen molar-refractivity contribution < 1.29 is 19.4 Å². The van der Waals surface area contributed by atoms with Crippen LogP contribution in [0.25, 0.3) is 0 Å². The van der Waals surface area contributed by atoms with Crippen molar-refractivity contribution in [1.82, 2.24) is 10.6 Å². The number of hydrogen-bond donors (Lipinski definition) is 3. The highest BCUT2D eigenvalue weighted by atomic mass is 16.5. The van der Waals surface area contributed by atoms with Crippen LogP contribution in [0.2, 0.25) is 0 Å². The fourth-order valence-corrected chi connectivity index (χ4v) is 6.22. The molecule has 2 saturated carbocycles. The number of ether oxygens (including phenoxy) is 2. The van der Waals surface area contributed by atoms with Crippen molar-refractivity contribution in [3.8, 4) is 5.75 Å². The highest BCUT2D eigenvalue weighted by molar-refractivity contribution is 5.79. The van der Waals surface area contributed by atoms with Crippen molar-refractivity contribution in [2.45, 2.75) is 89.2 Å². The lowest BCUT2D eigenvalue weighted by Gasteiger charge is -2.44. The molecule has 0 saturated heterocycles. The van der Waals surface area contributed by atoms with Gasteiger partial charge in [-0.3, -0.25) is 4.79 Å². The number of methoxy groups -OCH3 is 1. The second-order valence-corrected chi connectivity index (χ2v) is 10.8. The number of benzene rings is 1. The van der Waals surface area contributed by atoms with Gasteiger partial charge in [-0.1, -0.05) is 43.9 Å². The normalized spacial score (nSPS) is 23.5.